The van der Waals surface area contributed by atoms with Crippen molar-refractivity contribution in [3.63, 3.8) is 0 Å². The van der Waals surface area contributed by atoms with Crippen LogP contribution in [0.25, 0.3) is 0 Å². The minimum atomic E-state index is 0.400. The summed E-state index contributed by atoms with van der Waals surface area (Å²) in [5.74, 6) is 0.673. The molecular weight excluding hydrogens is 286 g/mol. The normalized spacial score (nSPS) is 13.1. The van der Waals surface area contributed by atoms with Gasteiger partial charge in [-0.1, -0.05) is 54.4 Å². The van der Waals surface area contributed by atoms with Gasteiger partial charge in [0.25, 0.3) is 0 Å². The topological polar surface area (TPSA) is 12.0 Å². The molecule has 0 aliphatic rings. The molecule has 3 heteroatoms. The van der Waals surface area contributed by atoms with E-state index in [1.165, 1.54) is 5.56 Å². The van der Waals surface area contributed by atoms with E-state index >= 15 is 0 Å². The average Bonchev–Trinajstić information content (AvgIpc) is 2.16. The molecule has 0 saturated carbocycles. The van der Waals surface area contributed by atoms with Crippen molar-refractivity contribution in [1.29, 1.82) is 0 Å². The zero-order valence-corrected chi connectivity index (χ0v) is 12.4. The van der Waals surface area contributed by atoms with Gasteiger partial charge < -0.3 is 5.32 Å². The second-order valence-corrected chi connectivity index (χ2v) is 5.70. The fourth-order valence-electron chi connectivity index (χ4n) is 1.82. The van der Waals surface area contributed by atoms with E-state index in [4.69, 9.17) is 11.6 Å². The van der Waals surface area contributed by atoms with Gasteiger partial charge in [0.2, 0.25) is 0 Å². The Bertz CT molecular complexity index is 339. The summed E-state index contributed by atoms with van der Waals surface area (Å²) in [6, 6.07) is 6.41. The SMILES string of the molecule is CCNC(CC(C)C)c1ccc(Cl)cc1Br. The predicted octanol–water partition coefficient (Wildman–Crippen LogP) is 4.80. The summed E-state index contributed by atoms with van der Waals surface area (Å²) in [6.07, 6.45) is 1.13. The van der Waals surface area contributed by atoms with Crippen LogP contribution in [0.5, 0.6) is 0 Å². The molecule has 16 heavy (non-hydrogen) atoms. The Hall–Kier alpha value is -0.0500. The maximum atomic E-state index is 5.95. The Labute approximate surface area is 112 Å². The van der Waals surface area contributed by atoms with E-state index in [1.54, 1.807) is 0 Å². The molecule has 0 heterocycles. The van der Waals surface area contributed by atoms with Crippen LogP contribution in [-0.4, -0.2) is 6.54 Å². The lowest BCUT2D eigenvalue weighted by Gasteiger charge is -2.21. The Morgan fingerprint density at radius 2 is 2.06 bits per heavy atom. The van der Waals surface area contributed by atoms with Crippen molar-refractivity contribution in [2.75, 3.05) is 6.54 Å². The zero-order chi connectivity index (χ0) is 12.1. The van der Waals surface area contributed by atoms with Gasteiger partial charge in [0.15, 0.2) is 0 Å². The van der Waals surface area contributed by atoms with Gasteiger partial charge in [-0.2, -0.15) is 0 Å². The third-order valence-corrected chi connectivity index (χ3v) is 3.42. The van der Waals surface area contributed by atoms with Crippen LogP contribution in [0.3, 0.4) is 0 Å². The number of hydrogen-bond acceptors (Lipinski definition) is 1. The first kappa shape index (κ1) is 14.0. The van der Waals surface area contributed by atoms with Crippen LogP contribution in [0.2, 0.25) is 5.02 Å². The maximum Gasteiger partial charge on any atom is 0.0417 e. The summed E-state index contributed by atoms with van der Waals surface area (Å²) >= 11 is 9.54. The van der Waals surface area contributed by atoms with Crippen molar-refractivity contribution in [3.8, 4) is 0 Å². The number of benzene rings is 1. The predicted molar refractivity (Wildman–Crippen MR) is 75.0 cm³/mol. The van der Waals surface area contributed by atoms with Crippen molar-refractivity contribution >= 4 is 27.5 Å². The lowest BCUT2D eigenvalue weighted by molar-refractivity contribution is 0.437. The molecule has 0 spiro atoms. The summed E-state index contributed by atoms with van der Waals surface area (Å²) in [6.45, 7) is 7.60. The molecule has 0 amide bonds. The molecule has 1 nitrogen and oxygen atoms in total. The van der Waals surface area contributed by atoms with E-state index in [9.17, 15) is 0 Å². The fraction of sp³-hybridized carbons (Fsp3) is 0.538. The van der Waals surface area contributed by atoms with Crippen LogP contribution >= 0.6 is 27.5 Å². The summed E-state index contributed by atoms with van der Waals surface area (Å²) in [7, 11) is 0. The molecule has 0 radical (unpaired) electrons. The molecular formula is C13H19BrClN. The van der Waals surface area contributed by atoms with Crippen LogP contribution in [-0.2, 0) is 0 Å². The van der Waals surface area contributed by atoms with Gasteiger partial charge in [-0.25, -0.2) is 0 Å². The maximum absolute atomic E-state index is 5.95. The molecule has 1 atom stereocenters. The molecule has 1 N–H and O–H groups in total. The molecule has 0 aliphatic heterocycles. The van der Waals surface area contributed by atoms with Crippen LogP contribution in [0.1, 0.15) is 38.8 Å². The highest BCUT2D eigenvalue weighted by Gasteiger charge is 2.14. The van der Waals surface area contributed by atoms with Crippen molar-refractivity contribution in [2.45, 2.75) is 33.2 Å². The third-order valence-electron chi connectivity index (χ3n) is 2.50. The molecule has 1 rings (SSSR count). The number of hydrogen-bond donors (Lipinski definition) is 1. The Morgan fingerprint density at radius 3 is 2.56 bits per heavy atom. The molecule has 0 bridgehead atoms. The lowest BCUT2D eigenvalue weighted by atomic mass is 9.97. The highest BCUT2D eigenvalue weighted by Crippen LogP contribution is 2.30. The van der Waals surface area contributed by atoms with Gasteiger partial charge in [0.1, 0.15) is 0 Å². The van der Waals surface area contributed by atoms with Gasteiger partial charge in [0, 0.05) is 15.5 Å². The number of nitrogens with one attached hydrogen (secondary N) is 1. The molecule has 1 aromatic carbocycles. The molecule has 0 aliphatic carbocycles. The Morgan fingerprint density at radius 1 is 1.38 bits per heavy atom. The first-order valence-electron chi connectivity index (χ1n) is 5.73. The van der Waals surface area contributed by atoms with Crippen molar-refractivity contribution < 1.29 is 0 Å². The van der Waals surface area contributed by atoms with Gasteiger partial charge in [0.05, 0.1) is 0 Å². The van der Waals surface area contributed by atoms with E-state index in [-0.39, 0.29) is 0 Å². The second kappa shape index (κ2) is 6.63. The summed E-state index contributed by atoms with van der Waals surface area (Å²) in [4.78, 5) is 0. The smallest absolute Gasteiger partial charge is 0.0417 e. The van der Waals surface area contributed by atoms with E-state index in [1.807, 2.05) is 12.1 Å². The van der Waals surface area contributed by atoms with Crippen LogP contribution in [0, 0.1) is 5.92 Å². The number of rotatable bonds is 5. The second-order valence-electron chi connectivity index (χ2n) is 4.41. The molecule has 1 unspecified atom stereocenters. The molecule has 90 valence electrons. The van der Waals surface area contributed by atoms with Gasteiger partial charge in [-0.05, 0) is 36.6 Å². The highest BCUT2D eigenvalue weighted by molar-refractivity contribution is 9.10. The molecule has 0 saturated heterocycles. The van der Waals surface area contributed by atoms with E-state index in [0.717, 1.165) is 22.5 Å². The fourth-order valence-corrected chi connectivity index (χ4v) is 2.78. The van der Waals surface area contributed by atoms with Crippen molar-refractivity contribution in [1.82, 2.24) is 5.32 Å². The van der Waals surface area contributed by atoms with E-state index in [0.29, 0.717) is 12.0 Å². The average molecular weight is 305 g/mol. The minimum absolute atomic E-state index is 0.400. The Kier molecular flexibility index (Phi) is 5.81. The highest BCUT2D eigenvalue weighted by atomic mass is 79.9. The van der Waals surface area contributed by atoms with Crippen LogP contribution in [0.4, 0.5) is 0 Å². The molecule has 0 fully saturated rings. The summed E-state index contributed by atoms with van der Waals surface area (Å²) in [5.41, 5.74) is 1.29. The standard InChI is InChI=1S/C13H19BrClN/c1-4-16-13(7-9(2)3)11-6-5-10(15)8-12(11)14/h5-6,8-9,13,16H,4,7H2,1-3H3. The monoisotopic (exact) mass is 303 g/mol. The van der Waals surface area contributed by atoms with E-state index < -0.39 is 0 Å². The van der Waals surface area contributed by atoms with Crippen LogP contribution < -0.4 is 5.32 Å². The third kappa shape index (κ3) is 4.08. The van der Waals surface area contributed by atoms with Crippen LogP contribution in [0.15, 0.2) is 22.7 Å². The molecule has 1 aromatic rings. The summed E-state index contributed by atoms with van der Waals surface area (Å²) < 4.78 is 1.09. The largest absolute Gasteiger partial charge is 0.310 e. The quantitative estimate of drug-likeness (QED) is 0.824. The van der Waals surface area contributed by atoms with E-state index in [2.05, 4.69) is 48.1 Å². The van der Waals surface area contributed by atoms with Gasteiger partial charge in [-0.3, -0.25) is 0 Å². The molecule has 0 aromatic heterocycles. The summed E-state index contributed by atoms with van der Waals surface area (Å²) in [5, 5.41) is 4.29. The Balaban J connectivity index is 2.91. The zero-order valence-electron chi connectivity index (χ0n) is 10.1. The first-order valence-corrected chi connectivity index (χ1v) is 6.90. The van der Waals surface area contributed by atoms with Gasteiger partial charge in [-0.15, -0.1) is 0 Å². The number of halogens is 2. The van der Waals surface area contributed by atoms with Crippen molar-refractivity contribution in [2.24, 2.45) is 5.92 Å². The van der Waals surface area contributed by atoms with Crippen molar-refractivity contribution in [3.05, 3.63) is 33.3 Å². The van der Waals surface area contributed by atoms with Gasteiger partial charge >= 0.3 is 0 Å². The minimum Gasteiger partial charge on any atom is -0.310 e. The lowest BCUT2D eigenvalue weighted by Crippen LogP contribution is -2.22. The first-order chi connectivity index (χ1) is 7.54.